The summed E-state index contributed by atoms with van der Waals surface area (Å²) >= 11 is 0. The summed E-state index contributed by atoms with van der Waals surface area (Å²) in [6.45, 7) is 7.13. The largest absolute Gasteiger partial charge is 0.338 e. The van der Waals surface area contributed by atoms with Crippen molar-refractivity contribution in [1.82, 2.24) is 14.7 Å². The zero-order valence-electron chi connectivity index (χ0n) is 15.2. The Labute approximate surface area is 150 Å². The number of piperazine rings is 1. The first-order chi connectivity index (χ1) is 12.2. The first-order valence-corrected chi connectivity index (χ1v) is 9.53. The highest BCUT2D eigenvalue weighted by Crippen LogP contribution is 2.22. The lowest BCUT2D eigenvalue weighted by Gasteiger charge is -2.38. The maximum atomic E-state index is 13.2. The van der Waals surface area contributed by atoms with Crippen LogP contribution in [-0.2, 0) is 16.1 Å². The Hall–Kier alpha value is -1.88. The van der Waals surface area contributed by atoms with Gasteiger partial charge in [-0.15, -0.1) is 0 Å². The number of rotatable bonds is 4. The summed E-state index contributed by atoms with van der Waals surface area (Å²) in [6.07, 6.45) is 3.17. The van der Waals surface area contributed by atoms with Gasteiger partial charge in [0, 0.05) is 39.1 Å². The molecule has 1 atom stereocenters. The number of hydrogen-bond donors (Lipinski definition) is 0. The minimum atomic E-state index is -0.302. The lowest BCUT2D eigenvalue weighted by molar-refractivity contribution is -0.147. The smallest absolute Gasteiger partial charge is 0.245 e. The molecule has 2 aliphatic heterocycles. The van der Waals surface area contributed by atoms with Crippen molar-refractivity contribution < 1.29 is 9.59 Å². The van der Waals surface area contributed by atoms with Crippen LogP contribution in [0.5, 0.6) is 0 Å². The second-order valence-electron chi connectivity index (χ2n) is 7.03. The number of likely N-dealkylation sites (tertiary alicyclic amines) is 1. The number of amides is 2. The van der Waals surface area contributed by atoms with Gasteiger partial charge >= 0.3 is 0 Å². The quantitative estimate of drug-likeness (QED) is 0.841. The molecule has 0 bridgehead atoms. The van der Waals surface area contributed by atoms with Crippen molar-refractivity contribution in [3.8, 4) is 0 Å². The van der Waals surface area contributed by atoms with Gasteiger partial charge in [-0.3, -0.25) is 9.59 Å². The van der Waals surface area contributed by atoms with Crippen LogP contribution in [0.2, 0.25) is 0 Å². The van der Waals surface area contributed by atoms with Crippen molar-refractivity contribution in [3.05, 3.63) is 35.9 Å². The molecule has 5 heteroatoms. The number of nitrogens with zero attached hydrogens (tertiary/aromatic N) is 3. The van der Waals surface area contributed by atoms with E-state index in [4.69, 9.17) is 0 Å². The van der Waals surface area contributed by atoms with Gasteiger partial charge in [0.15, 0.2) is 0 Å². The van der Waals surface area contributed by atoms with Crippen LogP contribution in [-0.4, -0.2) is 65.3 Å². The predicted octanol–water partition coefficient (Wildman–Crippen LogP) is 2.12. The zero-order valence-corrected chi connectivity index (χ0v) is 15.2. The Morgan fingerprint density at radius 1 is 1.08 bits per heavy atom. The molecule has 0 N–H and O–H groups in total. The van der Waals surface area contributed by atoms with E-state index < -0.39 is 0 Å². The van der Waals surface area contributed by atoms with E-state index in [0.29, 0.717) is 13.0 Å². The predicted molar refractivity (Wildman–Crippen MR) is 97.9 cm³/mol. The van der Waals surface area contributed by atoms with Crippen LogP contribution in [0.1, 0.15) is 38.2 Å². The summed E-state index contributed by atoms with van der Waals surface area (Å²) in [5, 5.41) is 0. The molecule has 0 spiro atoms. The van der Waals surface area contributed by atoms with Crippen molar-refractivity contribution in [3.63, 3.8) is 0 Å². The molecule has 136 valence electrons. The van der Waals surface area contributed by atoms with E-state index in [1.165, 1.54) is 0 Å². The van der Waals surface area contributed by atoms with Crippen molar-refractivity contribution in [2.45, 2.75) is 45.2 Å². The fraction of sp³-hybridized carbons (Fsp3) is 0.600. The minimum absolute atomic E-state index is 0.117. The van der Waals surface area contributed by atoms with Crippen molar-refractivity contribution in [2.75, 3.05) is 32.7 Å². The second kappa shape index (κ2) is 8.48. The molecule has 2 saturated heterocycles. The molecule has 25 heavy (non-hydrogen) atoms. The summed E-state index contributed by atoms with van der Waals surface area (Å²) in [6, 6.07) is 9.70. The summed E-state index contributed by atoms with van der Waals surface area (Å²) in [5.41, 5.74) is 1.09. The SMILES string of the molecule is CCN1CCN(C(=O)C2CCCCC(=O)N2Cc2ccccc2)CC1. The van der Waals surface area contributed by atoms with E-state index in [-0.39, 0.29) is 17.9 Å². The highest BCUT2D eigenvalue weighted by Gasteiger charge is 2.35. The topological polar surface area (TPSA) is 43.9 Å². The van der Waals surface area contributed by atoms with Crippen LogP contribution in [0.15, 0.2) is 30.3 Å². The van der Waals surface area contributed by atoms with E-state index in [9.17, 15) is 9.59 Å². The Morgan fingerprint density at radius 3 is 2.48 bits per heavy atom. The fourth-order valence-corrected chi connectivity index (χ4v) is 3.82. The van der Waals surface area contributed by atoms with Crippen LogP contribution >= 0.6 is 0 Å². The molecule has 1 aromatic rings. The summed E-state index contributed by atoms with van der Waals surface area (Å²) in [7, 11) is 0. The Kier molecular flexibility index (Phi) is 6.08. The number of benzene rings is 1. The van der Waals surface area contributed by atoms with Crippen LogP contribution in [0.4, 0.5) is 0 Å². The van der Waals surface area contributed by atoms with Crippen LogP contribution in [0.3, 0.4) is 0 Å². The van der Waals surface area contributed by atoms with Gasteiger partial charge in [-0.1, -0.05) is 43.7 Å². The van der Waals surface area contributed by atoms with E-state index in [1.807, 2.05) is 40.1 Å². The van der Waals surface area contributed by atoms with Crippen molar-refractivity contribution >= 4 is 11.8 Å². The molecule has 5 nitrogen and oxygen atoms in total. The zero-order chi connectivity index (χ0) is 17.6. The normalized spacial score (nSPS) is 22.8. The Morgan fingerprint density at radius 2 is 1.80 bits per heavy atom. The molecule has 0 radical (unpaired) electrons. The van der Waals surface area contributed by atoms with Gasteiger partial charge in [-0.2, -0.15) is 0 Å². The molecule has 1 unspecified atom stereocenters. The molecular weight excluding hydrogens is 314 g/mol. The van der Waals surface area contributed by atoms with Crippen molar-refractivity contribution in [1.29, 1.82) is 0 Å². The van der Waals surface area contributed by atoms with E-state index in [2.05, 4.69) is 11.8 Å². The molecular formula is C20H29N3O2. The second-order valence-corrected chi connectivity index (χ2v) is 7.03. The van der Waals surface area contributed by atoms with Crippen LogP contribution in [0.25, 0.3) is 0 Å². The maximum Gasteiger partial charge on any atom is 0.245 e. The highest BCUT2D eigenvalue weighted by molar-refractivity contribution is 5.88. The molecule has 2 fully saturated rings. The molecule has 0 aromatic heterocycles. The van der Waals surface area contributed by atoms with Gasteiger partial charge in [0.05, 0.1) is 0 Å². The van der Waals surface area contributed by atoms with E-state index in [1.54, 1.807) is 0 Å². The molecule has 2 amide bonds. The number of carbonyl (C=O) groups is 2. The molecule has 2 aliphatic rings. The molecule has 2 heterocycles. The van der Waals surface area contributed by atoms with Gasteiger partial charge in [0.25, 0.3) is 0 Å². The third-order valence-corrected chi connectivity index (χ3v) is 5.43. The number of likely N-dealkylation sites (N-methyl/N-ethyl adjacent to an activating group) is 1. The van der Waals surface area contributed by atoms with Gasteiger partial charge in [0.1, 0.15) is 6.04 Å². The Bertz CT molecular complexity index is 582. The third kappa shape index (κ3) is 4.40. The van der Waals surface area contributed by atoms with Gasteiger partial charge in [-0.05, 0) is 24.9 Å². The van der Waals surface area contributed by atoms with E-state index >= 15 is 0 Å². The number of hydrogen-bond acceptors (Lipinski definition) is 3. The van der Waals surface area contributed by atoms with Crippen molar-refractivity contribution in [2.24, 2.45) is 0 Å². The molecule has 0 saturated carbocycles. The minimum Gasteiger partial charge on any atom is -0.338 e. The maximum absolute atomic E-state index is 13.2. The van der Waals surface area contributed by atoms with E-state index in [0.717, 1.165) is 57.5 Å². The third-order valence-electron chi connectivity index (χ3n) is 5.43. The monoisotopic (exact) mass is 343 g/mol. The summed E-state index contributed by atoms with van der Waals surface area (Å²) in [4.78, 5) is 32.0. The lowest BCUT2D eigenvalue weighted by Crippen LogP contribution is -2.55. The average molecular weight is 343 g/mol. The van der Waals surface area contributed by atoms with Gasteiger partial charge in [-0.25, -0.2) is 0 Å². The average Bonchev–Trinajstić information content (AvgIpc) is 2.84. The number of carbonyl (C=O) groups excluding carboxylic acids is 2. The molecule has 1 aromatic carbocycles. The van der Waals surface area contributed by atoms with Crippen LogP contribution in [0, 0.1) is 0 Å². The fourth-order valence-electron chi connectivity index (χ4n) is 3.82. The molecule has 3 rings (SSSR count). The van der Waals surface area contributed by atoms with Gasteiger partial charge in [0.2, 0.25) is 11.8 Å². The highest BCUT2D eigenvalue weighted by atomic mass is 16.2. The Balaban J connectivity index is 1.73. The van der Waals surface area contributed by atoms with Crippen LogP contribution < -0.4 is 0 Å². The summed E-state index contributed by atoms with van der Waals surface area (Å²) < 4.78 is 0. The first kappa shape index (κ1) is 17.9. The summed E-state index contributed by atoms with van der Waals surface area (Å²) in [5.74, 6) is 0.258. The first-order valence-electron chi connectivity index (χ1n) is 9.53. The van der Waals surface area contributed by atoms with Gasteiger partial charge < -0.3 is 14.7 Å². The molecule has 0 aliphatic carbocycles. The lowest BCUT2D eigenvalue weighted by atomic mass is 10.1. The standard InChI is InChI=1S/C20H29N3O2/c1-2-21-12-14-22(15-13-21)20(25)18-10-6-7-11-19(24)23(18)16-17-8-4-3-5-9-17/h3-5,8-9,18H,2,6-7,10-16H2,1H3.